The maximum Gasteiger partial charge on any atom is 0.185 e. The van der Waals surface area contributed by atoms with E-state index in [4.69, 9.17) is 0 Å². The number of aldehydes is 1. The number of hydrogen-bond acceptors (Lipinski definition) is 3. The van der Waals surface area contributed by atoms with Crippen molar-refractivity contribution < 1.29 is 4.79 Å². The fraction of sp³-hybridized carbons (Fsp3) is 0.0588. The van der Waals surface area contributed by atoms with Crippen LogP contribution in [0.3, 0.4) is 0 Å². The molecule has 0 fully saturated rings. The van der Waals surface area contributed by atoms with Crippen LogP contribution in [0.2, 0.25) is 0 Å². The Hall–Kier alpha value is -2.33. The SMILES string of the molecule is Cn1c(C=O)nc2c1-c1ccccc1Sc1ccccc1-2. The van der Waals surface area contributed by atoms with Crippen LogP contribution in [-0.4, -0.2) is 15.8 Å². The van der Waals surface area contributed by atoms with Crippen molar-refractivity contribution in [3.05, 3.63) is 54.4 Å². The third kappa shape index (κ3) is 1.76. The zero-order valence-corrected chi connectivity index (χ0v) is 12.2. The molecule has 0 bridgehead atoms. The van der Waals surface area contributed by atoms with Gasteiger partial charge in [0.2, 0.25) is 0 Å². The highest BCUT2D eigenvalue weighted by molar-refractivity contribution is 7.99. The number of nitrogens with zero attached hydrogens (tertiary/aromatic N) is 2. The van der Waals surface area contributed by atoms with Crippen LogP contribution in [0.5, 0.6) is 0 Å². The minimum absolute atomic E-state index is 0.455. The summed E-state index contributed by atoms with van der Waals surface area (Å²) in [6, 6.07) is 16.5. The van der Waals surface area contributed by atoms with Gasteiger partial charge < -0.3 is 4.57 Å². The number of benzene rings is 2. The first-order chi connectivity index (χ1) is 10.3. The summed E-state index contributed by atoms with van der Waals surface area (Å²) >= 11 is 1.75. The van der Waals surface area contributed by atoms with Crippen LogP contribution < -0.4 is 0 Å². The van der Waals surface area contributed by atoms with Gasteiger partial charge in [0.05, 0.1) is 11.4 Å². The van der Waals surface area contributed by atoms with E-state index >= 15 is 0 Å². The van der Waals surface area contributed by atoms with E-state index in [1.54, 1.807) is 11.8 Å². The highest BCUT2D eigenvalue weighted by Crippen LogP contribution is 2.47. The number of fused-ring (bicyclic) bond motifs is 5. The van der Waals surface area contributed by atoms with Crippen molar-refractivity contribution in [3.63, 3.8) is 0 Å². The van der Waals surface area contributed by atoms with E-state index in [2.05, 4.69) is 29.2 Å². The van der Waals surface area contributed by atoms with Crippen LogP contribution in [0.25, 0.3) is 22.5 Å². The quantitative estimate of drug-likeness (QED) is 0.497. The van der Waals surface area contributed by atoms with Gasteiger partial charge in [-0.25, -0.2) is 4.98 Å². The molecule has 2 heterocycles. The summed E-state index contributed by atoms with van der Waals surface area (Å²) in [7, 11) is 1.89. The van der Waals surface area contributed by atoms with Gasteiger partial charge in [-0.05, 0) is 12.1 Å². The minimum Gasteiger partial charge on any atom is -0.324 e. The first-order valence-electron chi connectivity index (χ1n) is 6.68. The predicted molar refractivity (Wildman–Crippen MR) is 83.6 cm³/mol. The van der Waals surface area contributed by atoms with Crippen LogP contribution in [0.4, 0.5) is 0 Å². The largest absolute Gasteiger partial charge is 0.324 e. The Bertz CT molecular complexity index is 867. The second kappa shape index (κ2) is 4.60. The molecule has 1 aliphatic rings. The average molecular weight is 292 g/mol. The van der Waals surface area contributed by atoms with Crippen LogP contribution >= 0.6 is 11.8 Å². The average Bonchev–Trinajstić information content (AvgIpc) is 2.77. The van der Waals surface area contributed by atoms with E-state index in [9.17, 15) is 4.79 Å². The van der Waals surface area contributed by atoms with E-state index in [0.717, 1.165) is 28.8 Å². The first kappa shape index (κ1) is 12.4. The zero-order chi connectivity index (χ0) is 14.4. The molecule has 0 saturated carbocycles. The van der Waals surface area contributed by atoms with Crippen molar-refractivity contribution >= 4 is 18.0 Å². The summed E-state index contributed by atoms with van der Waals surface area (Å²) in [6.45, 7) is 0. The van der Waals surface area contributed by atoms with Gasteiger partial charge in [-0.2, -0.15) is 0 Å². The maximum absolute atomic E-state index is 11.3. The summed E-state index contributed by atoms with van der Waals surface area (Å²) in [6.07, 6.45) is 0.812. The lowest BCUT2D eigenvalue weighted by Crippen LogP contribution is -1.98. The molecule has 0 radical (unpaired) electrons. The third-order valence-electron chi connectivity index (χ3n) is 3.74. The highest BCUT2D eigenvalue weighted by atomic mass is 32.2. The van der Waals surface area contributed by atoms with Crippen molar-refractivity contribution in [2.75, 3.05) is 0 Å². The highest BCUT2D eigenvalue weighted by Gasteiger charge is 2.25. The molecule has 0 atom stereocenters. The third-order valence-corrected chi connectivity index (χ3v) is 4.89. The molecule has 3 nitrogen and oxygen atoms in total. The van der Waals surface area contributed by atoms with E-state index < -0.39 is 0 Å². The van der Waals surface area contributed by atoms with E-state index in [-0.39, 0.29) is 0 Å². The lowest BCUT2D eigenvalue weighted by atomic mass is 10.1. The van der Waals surface area contributed by atoms with Gasteiger partial charge in [-0.15, -0.1) is 0 Å². The molecule has 2 aromatic carbocycles. The Kier molecular flexibility index (Phi) is 2.72. The fourth-order valence-electron chi connectivity index (χ4n) is 2.74. The Morgan fingerprint density at radius 1 is 1.00 bits per heavy atom. The molecule has 21 heavy (non-hydrogen) atoms. The van der Waals surface area contributed by atoms with Crippen molar-refractivity contribution in [1.82, 2.24) is 9.55 Å². The molecule has 0 N–H and O–H groups in total. The van der Waals surface area contributed by atoms with E-state index in [0.29, 0.717) is 5.82 Å². The van der Waals surface area contributed by atoms with Crippen molar-refractivity contribution in [1.29, 1.82) is 0 Å². The lowest BCUT2D eigenvalue weighted by Gasteiger charge is -2.07. The Morgan fingerprint density at radius 3 is 2.33 bits per heavy atom. The van der Waals surface area contributed by atoms with Crippen molar-refractivity contribution in [2.45, 2.75) is 9.79 Å². The molecule has 3 aromatic rings. The molecule has 0 saturated heterocycles. The zero-order valence-electron chi connectivity index (χ0n) is 11.4. The number of imidazole rings is 1. The number of carbonyl (C=O) groups excluding carboxylic acids is 1. The molecule has 0 aliphatic carbocycles. The summed E-state index contributed by atoms with van der Waals surface area (Å²) < 4.78 is 1.88. The monoisotopic (exact) mass is 292 g/mol. The van der Waals surface area contributed by atoms with Crippen LogP contribution in [0.1, 0.15) is 10.6 Å². The molecule has 4 heteroatoms. The molecule has 102 valence electrons. The Morgan fingerprint density at radius 2 is 1.62 bits per heavy atom. The number of rotatable bonds is 1. The van der Waals surface area contributed by atoms with Crippen molar-refractivity contribution in [3.8, 4) is 22.5 Å². The Labute approximate surface area is 126 Å². The van der Waals surface area contributed by atoms with Crippen molar-refractivity contribution in [2.24, 2.45) is 7.05 Å². The number of hydrogen-bond donors (Lipinski definition) is 0. The molecule has 0 unspecified atom stereocenters. The predicted octanol–water partition coefficient (Wildman–Crippen LogP) is 4.03. The molecular weight excluding hydrogens is 280 g/mol. The first-order valence-corrected chi connectivity index (χ1v) is 7.50. The molecule has 0 spiro atoms. The van der Waals surface area contributed by atoms with Crippen LogP contribution in [0, 0.1) is 0 Å². The summed E-state index contributed by atoms with van der Waals surface area (Å²) in [5.41, 5.74) is 4.09. The second-order valence-corrected chi connectivity index (χ2v) is 6.02. The van der Waals surface area contributed by atoms with E-state index in [1.807, 2.05) is 35.9 Å². The van der Waals surface area contributed by atoms with E-state index in [1.165, 1.54) is 9.79 Å². The second-order valence-electron chi connectivity index (χ2n) is 4.94. The summed E-state index contributed by atoms with van der Waals surface area (Å²) in [4.78, 5) is 18.2. The summed E-state index contributed by atoms with van der Waals surface area (Å²) in [5.74, 6) is 0.455. The van der Waals surface area contributed by atoms with Gasteiger partial charge >= 0.3 is 0 Å². The minimum atomic E-state index is 0.455. The molecule has 1 aliphatic heterocycles. The standard InChI is InChI=1S/C17H12N2OS/c1-19-15(10-20)18-16-11-6-2-4-8-13(11)21-14-9-5-3-7-12(14)17(16)19/h2-10H,1H3. The Balaban J connectivity index is 2.16. The smallest absolute Gasteiger partial charge is 0.185 e. The van der Waals surface area contributed by atoms with Gasteiger partial charge in [0.15, 0.2) is 12.1 Å². The van der Waals surface area contributed by atoms with Crippen LogP contribution in [-0.2, 0) is 7.05 Å². The van der Waals surface area contributed by atoms with Gasteiger partial charge in [0.25, 0.3) is 0 Å². The number of aromatic nitrogens is 2. The van der Waals surface area contributed by atoms with Gasteiger partial charge in [-0.3, -0.25) is 4.79 Å². The fourth-order valence-corrected chi connectivity index (χ4v) is 3.82. The molecule has 1 aromatic heterocycles. The normalized spacial score (nSPS) is 12.0. The molecule has 0 amide bonds. The van der Waals surface area contributed by atoms with Gasteiger partial charge in [0, 0.05) is 28.0 Å². The van der Waals surface area contributed by atoms with Gasteiger partial charge in [0.1, 0.15) is 0 Å². The topological polar surface area (TPSA) is 34.9 Å². The summed E-state index contributed by atoms with van der Waals surface area (Å²) in [5, 5.41) is 0. The van der Waals surface area contributed by atoms with Gasteiger partial charge in [-0.1, -0.05) is 48.2 Å². The van der Waals surface area contributed by atoms with Crippen LogP contribution in [0.15, 0.2) is 58.3 Å². The lowest BCUT2D eigenvalue weighted by molar-refractivity contribution is 0.111. The molecular formula is C17H12N2OS. The maximum atomic E-state index is 11.3. The molecule has 4 rings (SSSR count). The number of carbonyl (C=O) groups is 1.